The molecule has 0 spiro atoms. The Morgan fingerprint density at radius 2 is 1.81 bits per heavy atom. The lowest BCUT2D eigenvalue weighted by Gasteiger charge is -2.15. The molecular weight excluding hydrogens is 196 g/mol. The molecule has 0 radical (unpaired) electrons. The first kappa shape index (κ1) is 13.2. The predicted octanol–water partition coefficient (Wildman–Crippen LogP) is 2.08. The van der Waals surface area contributed by atoms with Crippen LogP contribution in [0.15, 0.2) is 24.3 Å². The molecule has 0 fully saturated rings. The van der Waals surface area contributed by atoms with Crippen LogP contribution >= 0.6 is 0 Å². The first-order valence-corrected chi connectivity index (χ1v) is 6.11. The maximum absolute atomic E-state index is 3.17. The molecule has 0 heterocycles. The maximum Gasteiger partial charge on any atom is 0.0104 e. The fourth-order valence-corrected chi connectivity index (χ4v) is 1.72. The highest BCUT2D eigenvalue weighted by Crippen LogP contribution is 2.05. The summed E-state index contributed by atoms with van der Waals surface area (Å²) in [7, 11) is 4.19. The summed E-state index contributed by atoms with van der Waals surface area (Å²) in [5.41, 5.74) is 2.79. The molecule has 0 aliphatic heterocycles. The van der Waals surface area contributed by atoms with Gasteiger partial charge in [0.2, 0.25) is 0 Å². The molecule has 1 aromatic rings. The van der Waals surface area contributed by atoms with Crippen LogP contribution in [-0.4, -0.2) is 38.6 Å². The summed E-state index contributed by atoms with van der Waals surface area (Å²) < 4.78 is 0. The minimum absolute atomic E-state index is 1.07. The van der Waals surface area contributed by atoms with Crippen molar-refractivity contribution in [3.05, 3.63) is 35.4 Å². The van der Waals surface area contributed by atoms with Gasteiger partial charge in [0.25, 0.3) is 0 Å². The van der Waals surface area contributed by atoms with E-state index < -0.39 is 0 Å². The van der Waals surface area contributed by atoms with Crippen LogP contribution in [0.25, 0.3) is 0 Å². The third kappa shape index (κ3) is 5.29. The van der Waals surface area contributed by atoms with E-state index in [4.69, 9.17) is 0 Å². The van der Waals surface area contributed by atoms with Crippen molar-refractivity contribution in [2.45, 2.75) is 19.8 Å². The molecule has 0 unspecified atom stereocenters. The lowest BCUT2D eigenvalue weighted by molar-refractivity contribution is 0.331. The summed E-state index contributed by atoms with van der Waals surface area (Å²) in [4.78, 5) is 2.38. The fourth-order valence-electron chi connectivity index (χ4n) is 1.72. The van der Waals surface area contributed by atoms with Crippen LogP contribution in [0.5, 0.6) is 0 Å². The highest BCUT2D eigenvalue weighted by Gasteiger charge is 1.98. The Morgan fingerprint density at radius 3 is 2.44 bits per heavy atom. The summed E-state index contributed by atoms with van der Waals surface area (Å²) in [6.07, 6.45) is 2.42. The fraction of sp³-hybridized carbons (Fsp3) is 0.571. The number of hydrogen-bond acceptors (Lipinski definition) is 2. The number of nitrogens with zero attached hydrogens (tertiary/aromatic N) is 1. The Bertz CT molecular complexity index is 279. The number of nitrogens with one attached hydrogen (secondary N) is 1. The Hall–Kier alpha value is -0.860. The summed E-state index contributed by atoms with van der Waals surface area (Å²) in [5.74, 6) is 0. The van der Waals surface area contributed by atoms with E-state index >= 15 is 0 Å². The summed E-state index contributed by atoms with van der Waals surface area (Å²) in [6.45, 7) is 5.51. The summed E-state index contributed by atoms with van der Waals surface area (Å²) >= 11 is 0. The van der Waals surface area contributed by atoms with Gasteiger partial charge in [0.15, 0.2) is 0 Å². The SMILES string of the molecule is CNCCN(C)CCCc1ccc(C)cc1. The molecule has 2 heteroatoms. The zero-order valence-corrected chi connectivity index (χ0v) is 10.8. The topological polar surface area (TPSA) is 15.3 Å². The first-order valence-electron chi connectivity index (χ1n) is 6.11. The van der Waals surface area contributed by atoms with E-state index in [2.05, 4.69) is 48.5 Å². The summed E-state index contributed by atoms with van der Waals surface area (Å²) in [5, 5.41) is 3.17. The Kier molecular flexibility index (Phi) is 6.12. The first-order chi connectivity index (χ1) is 7.72. The van der Waals surface area contributed by atoms with Gasteiger partial charge < -0.3 is 10.2 Å². The third-order valence-corrected chi connectivity index (χ3v) is 2.87. The van der Waals surface area contributed by atoms with Gasteiger partial charge in [-0.25, -0.2) is 0 Å². The van der Waals surface area contributed by atoms with Gasteiger partial charge in [0.1, 0.15) is 0 Å². The minimum Gasteiger partial charge on any atom is -0.318 e. The van der Waals surface area contributed by atoms with E-state index in [1.54, 1.807) is 0 Å². The van der Waals surface area contributed by atoms with Gasteiger partial charge >= 0.3 is 0 Å². The van der Waals surface area contributed by atoms with Crippen molar-refractivity contribution in [1.82, 2.24) is 10.2 Å². The lowest BCUT2D eigenvalue weighted by atomic mass is 10.1. The van der Waals surface area contributed by atoms with Crippen LogP contribution in [0.2, 0.25) is 0 Å². The molecule has 2 nitrogen and oxygen atoms in total. The molecule has 0 atom stereocenters. The molecule has 0 amide bonds. The molecular formula is C14H24N2. The van der Waals surface area contributed by atoms with E-state index in [1.165, 1.54) is 30.5 Å². The van der Waals surface area contributed by atoms with Crippen molar-refractivity contribution >= 4 is 0 Å². The van der Waals surface area contributed by atoms with Gasteiger partial charge in [-0.3, -0.25) is 0 Å². The Labute approximate surface area is 99.7 Å². The standard InChI is InChI=1S/C14H24N2/c1-13-6-8-14(9-7-13)5-4-11-16(3)12-10-15-2/h6-9,15H,4-5,10-12H2,1-3H3. The van der Waals surface area contributed by atoms with Gasteiger partial charge in [0, 0.05) is 13.1 Å². The molecule has 0 saturated heterocycles. The number of rotatable bonds is 7. The largest absolute Gasteiger partial charge is 0.318 e. The van der Waals surface area contributed by atoms with Crippen molar-refractivity contribution in [3.63, 3.8) is 0 Å². The van der Waals surface area contributed by atoms with Crippen LogP contribution in [0.4, 0.5) is 0 Å². The van der Waals surface area contributed by atoms with E-state index in [-0.39, 0.29) is 0 Å². The van der Waals surface area contributed by atoms with Crippen LogP contribution < -0.4 is 5.32 Å². The predicted molar refractivity (Wildman–Crippen MR) is 70.9 cm³/mol. The van der Waals surface area contributed by atoms with Crippen molar-refractivity contribution in [2.75, 3.05) is 33.7 Å². The van der Waals surface area contributed by atoms with Crippen LogP contribution in [0.1, 0.15) is 17.5 Å². The Balaban J connectivity index is 2.17. The van der Waals surface area contributed by atoms with E-state index in [1.807, 2.05) is 7.05 Å². The van der Waals surface area contributed by atoms with Gasteiger partial charge in [-0.15, -0.1) is 0 Å². The van der Waals surface area contributed by atoms with Crippen molar-refractivity contribution in [1.29, 1.82) is 0 Å². The quantitative estimate of drug-likeness (QED) is 0.757. The smallest absolute Gasteiger partial charge is 0.0104 e. The second kappa shape index (κ2) is 7.42. The molecule has 0 aromatic heterocycles. The lowest BCUT2D eigenvalue weighted by Crippen LogP contribution is -2.28. The van der Waals surface area contributed by atoms with Crippen LogP contribution in [-0.2, 0) is 6.42 Å². The van der Waals surface area contributed by atoms with Crippen molar-refractivity contribution in [3.8, 4) is 0 Å². The highest BCUT2D eigenvalue weighted by molar-refractivity contribution is 5.21. The van der Waals surface area contributed by atoms with Gasteiger partial charge in [0.05, 0.1) is 0 Å². The molecule has 0 bridgehead atoms. The van der Waals surface area contributed by atoms with E-state index in [9.17, 15) is 0 Å². The van der Waals surface area contributed by atoms with Gasteiger partial charge in [-0.2, -0.15) is 0 Å². The average molecular weight is 220 g/mol. The van der Waals surface area contributed by atoms with Crippen molar-refractivity contribution in [2.24, 2.45) is 0 Å². The second-order valence-electron chi connectivity index (χ2n) is 4.50. The van der Waals surface area contributed by atoms with E-state index in [0.29, 0.717) is 0 Å². The van der Waals surface area contributed by atoms with Crippen LogP contribution in [0.3, 0.4) is 0 Å². The normalized spacial score (nSPS) is 11.0. The van der Waals surface area contributed by atoms with Crippen molar-refractivity contribution < 1.29 is 0 Å². The highest BCUT2D eigenvalue weighted by atomic mass is 15.1. The zero-order chi connectivity index (χ0) is 11.8. The number of aryl methyl sites for hydroxylation is 2. The average Bonchev–Trinajstić information content (AvgIpc) is 2.29. The van der Waals surface area contributed by atoms with E-state index in [0.717, 1.165) is 13.1 Å². The molecule has 1 aromatic carbocycles. The number of benzene rings is 1. The zero-order valence-electron chi connectivity index (χ0n) is 10.8. The molecule has 0 saturated carbocycles. The Morgan fingerprint density at radius 1 is 1.12 bits per heavy atom. The monoisotopic (exact) mass is 220 g/mol. The molecule has 90 valence electrons. The van der Waals surface area contributed by atoms with Gasteiger partial charge in [-0.05, 0) is 46.0 Å². The summed E-state index contributed by atoms with van der Waals surface area (Å²) in [6, 6.07) is 8.87. The molecule has 1 N–H and O–H groups in total. The number of likely N-dealkylation sites (N-methyl/N-ethyl adjacent to an activating group) is 2. The molecule has 1 rings (SSSR count). The maximum atomic E-state index is 3.17. The molecule has 0 aliphatic carbocycles. The second-order valence-corrected chi connectivity index (χ2v) is 4.50. The van der Waals surface area contributed by atoms with Gasteiger partial charge in [-0.1, -0.05) is 29.8 Å². The third-order valence-electron chi connectivity index (χ3n) is 2.87. The van der Waals surface area contributed by atoms with Crippen LogP contribution in [0, 0.1) is 6.92 Å². The minimum atomic E-state index is 1.07. The molecule has 0 aliphatic rings. The molecule has 16 heavy (non-hydrogen) atoms. The number of hydrogen-bond donors (Lipinski definition) is 1.